The average molecular weight is 351 g/mol. The summed E-state index contributed by atoms with van der Waals surface area (Å²) in [5.41, 5.74) is 0.540. The van der Waals surface area contributed by atoms with Crippen molar-refractivity contribution in [2.75, 3.05) is 7.11 Å². The molecule has 1 fully saturated rings. The van der Waals surface area contributed by atoms with Crippen molar-refractivity contribution in [1.29, 1.82) is 0 Å². The van der Waals surface area contributed by atoms with E-state index in [2.05, 4.69) is 5.32 Å². The van der Waals surface area contributed by atoms with E-state index in [1.54, 1.807) is 0 Å². The summed E-state index contributed by atoms with van der Waals surface area (Å²) in [4.78, 5) is 12.0. The Labute approximate surface area is 142 Å². The summed E-state index contributed by atoms with van der Waals surface area (Å²) in [6, 6.07) is 13.0. The lowest BCUT2D eigenvalue weighted by atomic mass is 10.0. The van der Waals surface area contributed by atoms with Crippen molar-refractivity contribution in [2.24, 2.45) is 0 Å². The van der Waals surface area contributed by atoms with Crippen molar-refractivity contribution in [3.8, 4) is 0 Å². The first kappa shape index (κ1) is 17.4. The minimum atomic E-state index is -4.40. The quantitative estimate of drug-likeness (QED) is 0.859. The first-order valence-electron chi connectivity index (χ1n) is 7.61. The second-order valence-electron chi connectivity index (χ2n) is 5.63. The molecule has 1 aliphatic rings. The minimum absolute atomic E-state index is 0.497. The molecule has 1 aliphatic heterocycles. The van der Waals surface area contributed by atoms with Crippen LogP contribution in [0.25, 0.3) is 0 Å². The van der Waals surface area contributed by atoms with E-state index in [0.717, 1.165) is 17.7 Å². The van der Waals surface area contributed by atoms with Crippen LogP contribution in [0.15, 0.2) is 54.6 Å². The third kappa shape index (κ3) is 3.67. The van der Waals surface area contributed by atoms with Crippen LogP contribution in [0, 0.1) is 0 Å². The van der Waals surface area contributed by atoms with Crippen LogP contribution in [0.4, 0.5) is 13.2 Å². The third-order valence-corrected chi connectivity index (χ3v) is 4.04. The third-order valence-electron chi connectivity index (χ3n) is 4.04. The zero-order valence-corrected chi connectivity index (χ0v) is 13.3. The number of carbonyl (C=O) groups excluding carboxylic acids is 1. The van der Waals surface area contributed by atoms with Gasteiger partial charge in [0.25, 0.3) is 0 Å². The molecule has 2 aromatic carbocycles. The number of alkyl halides is 3. The fourth-order valence-corrected chi connectivity index (χ4v) is 2.77. The summed E-state index contributed by atoms with van der Waals surface area (Å²) in [5, 5.41) is 2.99. The fraction of sp³-hybridized carbons (Fsp3) is 0.278. The topological polar surface area (TPSA) is 47.6 Å². The maximum absolute atomic E-state index is 12.7. The Hall–Kier alpha value is -2.38. The number of esters is 1. The Morgan fingerprint density at radius 2 is 1.68 bits per heavy atom. The van der Waals surface area contributed by atoms with Gasteiger partial charge in [0.05, 0.1) is 12.7 Å². The number of hydrogen-bond donors (Lipinski definition) is 1. The molecule has 25 heavy (non-hydrogen) atoms. The molecule has 0 aliphatic carbocycles. The van der Waals surface area contributed by atoms with Gasteiger partial charge in [0, 0.05) is 0 Å². The van der Waals surface area contributed by atoms with Crippen LogP contribution in [-0.4, -0.2) is 19.1 Å². The molecule has 1 unspecified atom stereocenters. The number of halogens is 3. The molecule has 3 rings (SSSR count). The van der Waals surface area contributed by atoms with Gasteiger partial charge in [0.1, 0.15) is 18.4 Å². The highest BCUT2D eigenvalue weighted by Gasteiger charge is 2.41. The second-order valence-corrected chi connectivity index (χ2v) is 5.63. The van der Waals surface area contributed by atoms with E-state index in [-0.39, 0.29) is 0 Å². The van der Waals surface area contributed by atoms with E-state index in [1.165, 1.54) is 19.2 Å². The molecule has 3 atom stereocenters. The molecule has 7 heteroatoms. The predicted octanol–water partition coefficient (Wildman–Crippen LogP) is 3.61. The molecule has 0 amide bonds. The predicted molar refractivity (Wildman–Crippen MR) is 83.4 cm³/mol. The minimum Gasteiger partial charge on any atom is -0.468 e. The Morgan fingerprint density at radius 1 is 1.04 bits per heavy atom. The van der Waals surface area contributed by atoms with Crippen molar-refractivity contribution in [3.05, 3.63) is 71.3 Å². The molecular formula is C18H16F3NO3. The number of carbonyl (C=O) groups is 1. The van der Waals surface area contributed by atoms with Gasteiger partial charge >= 0.3 is 12.1 Å². The molecule has 0 spiro atoms. The first-order chi connectivity index (χ1) is 11.9. The number of methoxy groups -OCH3 is 1. The summed E-state index contributed by atoms with van der Waals surface area (Å²) in [5.74, 6) is -0.497. The number of nitrogens with one attached hydrogen (secondary N) is 1. The molecule has 2 aromatic rings. The summed E-state index contributed by atoms with van der Waals surface area (Å²) < 4.78 is 48.8. The summed E-state index contributed by atoms with van der Waals surface area (Å²) in [7, 11) is 1.28. The standard InChI is InChI=1S/C18H16F3NO3/c1-24-17(23)14-15(11-5-3-2-4-6-11)25-16(22-14)12-7-9-13(10-8-12)18(19,20)21/h2-10,14-16,22H,1H3/t14-,15+,16?/m0/s1. The van der Waals surface area contributed by atoms with Crippen molar-refractivity contribution >= 4 is 5.97 Å². The Bertz CT molecular complexity index is 731. The lowest BCUT2D eigenvalue weighted by Gasteiger charge is -2.16. The molecule has 1 N–H and O–H groups in total. The van der Waals surface area contributed by atoms with E-state index >= 15 is 0 Å². The number of rotatable bonds is 3. The Balaban J connectivity index is 1.85. The number of benzene rings is 2. The highest BCUT2D eigenvalue weighted by Crippen LogP contribution is 2.36. The SMILES string of the molecule is COC(=O)[C@H]1NC(c2ccc(C(F)(F)F)cc2)O[C@@H]1c1ccccc1. The largest absolute Gasteiger partial charge is 0.468 e. The van der Waals surface area contributed by atoms with Crippen LogP contribution in [0.5, 0.6) is 0 Å². The maximum atomic E-state index is 12.7. The van der Waals surface area contributed by atoms with Gasteiger partial charge in [-0.05, 0) is 23.3 Å². The lowest BCUT2D eigenvalue weighted by molar-refractivity contribution is -0.144. The van der Waals surface area contributed by atoms with Gasteiger partial charge in [-0.2, -0.15) is 13.2 Å². The Kier molecular flexibility index (Phi) is 4.78. The van der Waals surface area contributed by atoms with Crippen LogP contribution in [0.3, 0.4) is 0 Å². The summed E-state index contributed by atoms with van der Waals surface area (Å²) in [6.07, 6.45) is -5.71. The molecule has 1 saturated heterocycles. The van der Waals surface area contributed by atoms with Crippen LogP contribution >= 0.6 is 0 Å². The second kappa shape index (κ2) is 6.85. The van der Waals surface area contributed by atoms with Crippen molar-refractivity contribution in [1.82, 2.24) is 5.32 Å². The highest BCUT2D eigenvalue weighted by atomic mass is 19.4. The van der Waals surface area contributed by atoms with Crippen LogP contribution in [-0.2, 0) is 20.4 Å². The van der Waals surface area contributed by atoms with Gasteiger partial charge in [-0.25, -0.2) is 0 Å². The molecule has 0 aromatic heterocycles. The monoisotopic (exact) mass is 351 g/mol. The average Bonchev–Trinajstić information content (AvgIpc) is 3.06. The molecule has 4 nitrogen and oxygen atoms in total. The van der Waals surface area contributed by atoms with Gasteiger partial charge < -0.3 is 9.47 Å². The highest BCUT2D eigenvalue weighted by molar-refractivity contribution is 5.77. The zero-order chi connectivity index (χ0) is 18.0. The van der Waals surface area contributed by atoms with E-state index in [9.17, 15) is 18.0 Å². The molecule has 0 bridgehead atoms. The van der Waals surface area contributed by atoms with Gasteiger partial charge in [-0.3, -0.25) is 10.1 Å². The molecule has 0 radical (unpaired) electrons. The smallest absolute Gasteiger partial charge is 0.416 e. The van der Waals surface area contributed by atoms with Crippen LogP contribution in [0.2, 0.25) is 0 Å². The van der Waals surface area contributed by atoms with Gasteiger partial charge in [-0.1, -0.05) is 42.5 Å². The number of hydrogen-bond acceptors (Lipinski definition) is 4. The van der Waals surface area contributed by atoms with E-state index in [0.29, 0.717) is 5.56 Å². The van der Waals surface area contributed by atoms with E-state index in [1.807, 2.05) is 30.3 Å². The van der Waals surface area contributed by atoms with Gasteiger partial charge in [-0.15, -0.1) is 0 Å². The molecule has 1 heterocycles. The summed E-state index contributed by atoms with van der Waals surface area (Å²) >= 11 is 0. The first-order valence-corrected chi connectivity index (χ1v) is 7.61. The molecule has 0 saturated carbocycles. The fourth-order valence-electron chi connectivity index (χ4n) is 2.77. The summed E-state index contributed by atoms with van der Waals surface area (Å²) in [6.45, 7) is 0. The normalized spacial score (nSPS) is 23.4. The Morgan fingerprint density at radius 3 is 2.24 bits per heavy atom. The number of ether oxygens (including phenoxy) is 2. The van der Waals surface area contributed by atoms with Gasteiger partial charge in [0.2, 0.25) is 0 Å². The zero-order valence-electron chi connectivity index (χ0n) is 13.3. The lowest BCUT2D eigenvalue weighted by Crippen LogP contribution is -2.36. The van der Waals surface area contributed by atoms with Crippen molar-refractivity contribution in [2.45, 2.75) is 24.6 Å². The molecular weight excluding hydrogens is 335 g/mol. The van der Waals surface area contributed by atoms with Crippen molar-refractivity contribution < 1.29 is 27.4 Å². The van der Waals surface area contributed by atoms with E-state index < -0.39 is 36.1 Å². The van der Waals surface area contributed by atoms with Gasteiger partial charge in [0.15, 0.2) is 0 Å². The van der Waals surface area contributed by atoms with Crippen LogP contribution < -0.4 is 5.32 Å². The van der Waals surface area contributed by atoms with Crippen molar-refractivity contribution in [3.63, 3.8) is 0 Å². The van der Waals surface area contributed by atoms with E-state index in [4.69, 9.17) is 9.47 Å². The maximum Gasteiger partial charge on any atom is 0.416 e. The molecule has 132 valence electrons. The van der Waals surface area contributed by atoms with Crippen LogP contribution in [0.1, 0.15) is 29.0 Å².